The van der Waals surface area contributed by atoms with Gasteiger partial charge in [0.05, 0.1) is 24.3 Å². The van der Waals surface area contributed by atoms with Crippen LogP contribution < -0.4 is 4.74 Å². The molecule has 0 aromatic heterocycles. The molecule has 0 aliphatic carbocycles. The van der Waals surface area contributed by atoms with Crippen LogP contribution in [0.1, 0.15) is 12.5 Å². The zero-order valence-corrected chi connectivity index (χ0v) is 19.7. The Labute approximate surface area is 197 Å². The maximum Gasteiger partial charge on any atom is 0.344 e. The maximum absolute atomic E-state index is 12.5. The highest BCUT2D eigenvalue weighted by molar-refractivity contribution is 9.10. The normalized spacial score (nSPS) is 15.8. The van der Waals surface area contributed by atoms with Crippen LogP contribution in [0.2, 0.25) is 0 Å². The number of aliphatic hydroxyl groups excluding tert-OH is 1. The predicted molar refractivity (Wildman–Crippen MR) is 127 cm³/mol. The number of aliphatic imine (C=N–C) groups is 1. The van der Waals surface area contributed by atoms with E-state index in [2.05, 4.69) is 25.7 Å². The van der Waals surface area contributed by atoms with Crippen molar-refractivity contribution in [2.45, 2.75) is 6.92 Å². The molecule has 1 aliphatic rings. The molecular weight excluding hydrogens is 498 g/mol. The summed E-state index contributed by atoms with van der Waals surface area (Å²) in [6.45, 7) is 1.59. The second-order valence-electron chi connectivity index (χ2n) is 6.35. The van der Waals surface area contributed by atoms with Crippen molar-refractivity contribution >= 4 is 56.4 Å². The van der Waals surface area contributed by atoms with Crippen molar-refractivity contribution < 1.29 is 28.9 Å². The summed E-state index contributed by atoms with van der Waals surface area (Å²) < 4.78 is 16.1. The Morgan fingerprint density at radius 3 is 2.62 bits per heavy atom. The van der Waals surface area contributed by atoms with Crippen LogP contribution in [0.3, 0.4) is 0 Å². The number of esters is 2. The first-order chi connectivity index (χ1) is 15.4. The molecule has 0 unspecified atom stereocenters. The van der Waals surface area contributed by atoms with Crippen molar-refractivity contribution in [3.05, 3.63) is 74.8 Å². The van der Waals surface area contributed by atoms with E-state index in [1.54, 1.807) is 43.3 Å². The summed E-state index contributed by atoms with van der Waals surface area (Å²) in [4.78, 5) is 28.9. The van der Waals surface area contributed by atoms with Gasteiger partial charge in [0, 0.05) is 10.0 Å². The number of carbonyl (C=O) groups is 2. The van der Waals surface area contributed by atoms with Crippen molar-refractivity contribution in [2.24, 2.45) is 4.99 Å². The van der Waals surface area contributed by atoms with Crippen LogP contribution in [0.4, 0.5) is 5.69 Å². The number of aliphatic hydroxyl groups is 1. The van der Waals surface area contributed by atoms with Gasteiger partial charge in [-0.05, 0) is 43.3 Å². The van der Waals surface area contributed by atoms with E-state index in [-0.39, 0.29) is 24.5 Å². The Balaban J connectivity index is 2.02. The fourth-order valence-electron chi connectivity index (χ4n) is 2.71. The Bertz CT molecular complexity index is 1110. The number of ether oxygens (including phenoxy) is 3. The van der Waals surface area contributed by atoms with Crippen LogP contribution in [0, 0.1) is 0 Å². The van der Waals surface area contributed by atoms with E-state index in [4.69, 9.17) is 9.47 Å². The highest BCUT2D eigenvalue weighted by Gasteiger charge is 2.33. The number of methoxy groups -OCH3 is 1. The van der Waals surface area contributed by atoms with Crippen LogP contribution in [0.25, 0.3) is 6.08 Å². The van der Waals surface area contributed by atoms with E-state index < -0.39 is 11.9 Å². The summed E-state index contributed by atoms with van der Waals surface area (Å²) in [5.74, 6) is -1.01. The first-order valence-corrected chi connectivity index (χ1v) is 11.2. The summed E-state index contributed by atoms with van der Waals surface area (Å²) in [6.07, 6.45) is 1.66. The van der Waals surface area contributed by atoms with Crippen LogP contribution in [0.5, 0.6) is 5.75 Å². The number of hydrogen-bond acceptors (Lipinski definition) is 8. The first-order valence-electron chi connectivity index (χ1n) is 9.56. The molecule has 166 valence electrons. The monoisotopic (exact) mass is 517 g/mol. The van der Waals surface area contributed by atoms with Gasteiger partial charge in [-0.25, -0.2) is 14.6 Å². The van der Waals surface area contributed by atoms with E-state index >= 15 is 0 Å². The number of carbonyl (C=O) groups excluding carboxylic acids is 2. The molecule has 3 rings (SSSR count). The molecule has 0 saturated heterocycles. The largest absolute Gasteiger partial charge is 0.506 e. The van der Waals surface area contributed by atoms with E-state index in [1.165, 1.54) is 7.11 Å². The van der Waals surface area contributed by atoms with Crippen molar-refractivity contribution in [1.82, 2.24) is 0 Å². The lowest BCUT2D eigenvalue weighted by Crippen LogP contribution is -2.13. The third-order valence-electron chi connectivity index (χ3n) is 4.19. The summed E-state index contributed by atoms with van der Waals surface area (Å²) in [5.41, 5.74) is 1.22. The van der Waals surface area contributed by atoms with Crippen LogP contribution in [0.15, 0.2) is 74.2 Å². The molecular formula is C23H20BrNO6S. The van der Waals surface area contributed by atoms with Gasteiger partial charge in [0.15, 0.2) is 6.61 Å². The number of rotatable bonds is 7. The third kappa shape index (κ3) is 5.80. The van der Waals surface area contributed by atoms with Gasteiger partial charge in [-0.1, -0.05) is 45.9 Å². The molecule has 1 heterocycles. The molecule has 9 heteroatoms. The van der Waals surface area contributed by atoms with Crippen LogP contribution in [-0.2, 0) is 19.1 Å². The Kier molecular flexibility index (Phi) is 8.13. The molecule has 0 saturated carbocycles. The average molecular weight is 518 g/mol. The van der Waals surface area contributed by atoms with Gasteiger partial charge in [-0.15, -0.1) is 0 Å². The highest BCUT2D eigenvalue weighted by Crippen LogP contribution is 2.41. The highest BCUT2D eigenvalue weighted by atomic mass is 79.9. The van der Waals surface area contributed by atoms with Crippen molar-refractivity contribution in [2.75, 3.05) is 20.3 Å². The van der Waals surface area contributed by atoms with Crippen LogP contribution >= 0.6 is 27.7 Å². The Morgan fingerprint density at radius 2 is 1.94 bits per heavy atom. The minimum Gasteiger partial charge on any atom is -0.506 e. The number of thioether (sulfide) groups is 1. The van der Waals surface area contributed by atoms with Crippen molar-refractivity contribution in [3.8, 4) is 5.75 Å². The quantitative estimate of drug-likeness (QED) is 0.504. The Morgan fingerprint density at radius 1 is 1.19 bits per heavy atom. The van der Waals surface area contributed by atoms with Gasteiger partial charge in [0.25, 0.3) is 0 Å². The fourth-order valence-corrected chi connectivity index (χ4v) is 4.12. The van der Waals surface area contributed by atoms with E-state index in [9.17, 15) is 14.7 Å². The van der Waals surface area contributed by atoms with Crippen molar-refractivity contribution in [3.63, 3.8) is 0 Å². The summed E-state index contributed by atoms with van der Waals surface area (Å²) in [5, 5.41) is 11.2. The molecule has 0 fully saturated rings. The molecule has 0 atom stereocenters. The fraction of sp³-hybridized carbons (Fsp3) is 0.174. The van der Waals surface area contributed by atoms with E-state index in [0.29, 0.717) is 26.9 Å². The lowest BCUT2D eigenvalue weighted by Gasteiger charge is -2.09. The summed E-state index contributed by atoms with van der Waals surface area (Å²) in [7, 11) is 1.28. The molecule has 1 N–H and O–H groups in total. The predicted octanol–water partition coefficient (Wildman–Crippen LogP) is 5.19. The molecule has 7 nitrogen and oxygen atoms in total. The number of nitrogens with zero attached hydrogens (tertiary/aromatic N) is 1. The van der Waals surface area contributed by atoms with Gasteiger partial charge in [0.1, 0.15) is 22.1 Å². The average Bonchev–Trinajstić information content (AvgIpc) is 3.08. The molecule has 0 bridgehead atoms. The number of halogens is 1. The van der Waals surface area contributed by atoms with Crippen LogP contribution in [-0.4, -0.2) is 42.4 Å². The topological polar surface area (TPSA) is 94.4 Å². The molecule has 0 radical (unpaired) electrons. The SMILES string of the molecule is CCOC(=O)C1=C(O)/C(=C/c2cc(Br)ccc2OCC(=O)OC)SC1=Nc1ccccc1. The van der Waals surface area contributed by atoms with E-state index in [1.807, 2.05) is 18.2 Å². The maximum atomic E-state index is 12.5. The number of para-hydroxylation sites is 1. The summed E-state index contributed by atoms with van der Waals surface area (Å²) >= 11 is 4.55. The Hall–Kier alpha value is -3.04. The van der Waals surface area contributed by atoms with Gasteiger partial charge in [-0.2, -0.15) is 0 Å². The molecule has 32 heavy (non-hydrogen) atoms. The third-order valence-corrected chi connectivity index (χ3v) is 5.70. The molecule has 2 aromatic carbocycles. The molecule has 2 aromatic rings. The minimum atomic E-state index is -0.660. The lowest BCUT2D eigenvalue weighted by molar-refractivity contribution is -0.143. The summed E-state index contributed by atoms with van der Waals surface area (Å²) in [6, 6.07) is 14.3. The second-order valence-corrected chi connectivity index (χ2v) is 8.30. The number of hydrogen-bond donors (Lipinski definition) is 1. The standard InChI is InChI=1S/C23H20BrNO6S/c1-3-30-23(28)20-21(27)18(32-22(20)25-16-7-5-4-6-8-16)12-14-11-15(24)9-10-17(14)31-13-19(26)29-2/h4-12,27H,3,13H2,1-2H3/b18-12-,25-22?. The molecule has 1 aliphatic heterocycles. The van der Waals surface area contributed by atoms with E-state index in [0.717, 1.165) is 16.2 Å². The zero-order valence-electron chi connectivity index (χ0n) is 17.3. The number of benzene rings is 2. The molecule has 0 spiro atoms. The first kappa shape index (κ1) is 23.6. The van der Waals surface area contributed by atoms with Crippen molar-refractivity contribution in [1.29, 1.82) is 0 Å². The second kappa shape index (κ2) is 11.0. The van der Waals surface area contributed by atoms with Gasteiger partial charge in [-0.3, -0.25) is 0 Å². The van der Waals surface area contributed by atoms with Gasteiger partial charge in [0.2, 0.25) is 0 Å². The lowest BCUT2D eigenvalue weighted by atomic mass is 10.1. The van der Waals surface area contributed by atoms with Gasteiger partial charge >= 0.3 is 11.9 Å². The van der Waals surface area contributed by atoms with Gasteiger partial charge < -0.3 is 19.3 Å². The molecule has 0 amide bonds. The zero-order chi connectivity index (χ0) is 23.1. The smallest absolute Gasteiger partial charge is 0.344 e. The minimum absolute atomic E-state index is 0.000945.